The lowest BCUT2D eigenvalue weighted by Gasteiger charge is -2.08. The summed E-state index contributed by atoms with van der Waals surface area (Å²) in [7, 11) is 1.67. The van der Waals surface area contributed by atoms with Crippen LogP contribution >= 0.6 is 27.7 Å². The maximum atomic E-state index is 12.7. The van der Waals surface area contributed by atoms with Crippen LogP contribution in [0.15, 0.2) is 56.8 Å². The van der Waals surface area contributed by atoms with Gasteiger partial charge in [-0.05, 0) is 67.2 Å². The number of hydrogen-bond acceptors (Lipinski definition) is 6. The summed E-state index contributed by atoms with van der Waals surface area (Å²) >= 11 is 4.70. The molecule has 6 nitrogen and oxygen atoms in total. The fourth-order valence-corrected chi connectivity index (χ4v) is 4.03. The highest BCUT2D eigenvalue weighted by molar-refractivity contribution is 9.10. The van der Waals surface area contributed by atoms with E-state index in [1.807, 2.05) is 12.1 Å². The summed E-state index contributed by atoms with van der Waals surface area (Å²) < 4.78 is 11.4. The second-order valence-corrected chi connectivity index (χ2v) is 8.24. The number of aliphatic imine (C=N–C) groups is 1. The molecule has 2 aromatic carbocycles. The maximum absolute atomic E-state index is 12.7. The molecule has 2 aromatic rings. The van der Waals surface area contributed by atoms with E-state index in [4.69, 9.17) is 15.9 Å². The van der Waals surface area contributed by atoms with Crippen LogP contribution in [0, 0.1) is 12.3 Å². The van der Waals surface area contributed by atoms with Crippen LogP contribution in [0.1, 0.15) is 22.8 Å². The minimum Gasteiger partial charge on any atom is -0.480 e. The Morgan fingerprint density at radius 1 is 1.29 bits per heavy atom. The molecule has 31 heavy (non-hydrogen) atoms. The van der Waals surface area contributed by atoms with Crippen molar-refractivity contribution >= 4 is 56.5 Å². The van der Waals surface area contributed by atoms with E-state index in [0.717, 1.165) is 10.0 Å². The minimum atomic E-state index is -0.383. The molecule has 1 heterocycles. The summed E-state index contributed by atoms with van der Waals surface area (Å²) in [5.74, 6) is 2.47. The van der Waals surface area contributed by atoms with Gasteiger partial charge in [-0.2, -0.15) is 0 Å². The van der Waals surface area contributed by atoms with Gasteiger partial charge in [-0.15, -0.1) is 6.42 Å². The van der Waals surface area contributed by atoms with Crippen molar-refractivity contribution < 1.29 is 19.1 Å². The van der Waals surface area contributed by atoms with Crippen LogP contribution in [0.5, 0.6) is 5.75 Å². The number of amides is 1. The van der Waals surface area contributed by atoms with Gasteiger partial charge >= 0.3 is 5.97 Å². The number of amidine groups is 1. The van der Waals surface area contributed by atoms with Crippen molar-refractivity contribution in [3.05, 3.63) is 63.0 Å². The summed E-state index contributed by atoms with van der Waals surface area (Å²) in [6, 6.07) is 12.2. The van der Waals surface area contributed by atoms with Gasteiger partial charge in [0, 0.05) is 17.1 Å². The Labute approximate surface area is 193 Å². The molecule has 1 aliphatic rings. The van der Waals surface area contributed by atoms with E-state index >= 15 is 0 Å². The number of thioether (sulfide) groups is 1. The monoisotopic (exact) mass is 498 g/mol. The average molecular weight is 499 g/mol. The van der Waals surface area contributed by atoms with E-state index in [-0.39, 0.29) is 18.5 Å². The molecular weight excluding hydrogens is 480 g/mol. The Bertz CT molecular complexity index is 1100. The van der Waals surface area contributed by atoms with Gasteiger partial charge < -0.3 is 9.47 Å². The number of carbonyl (C=O) groups excluding carboxylic acids is 2. The van der Waals surface area contributed by atoms with E-state index in [2.05, 4.69) is 26.8 Å². The van der Waals surface area contributed by atoms with Gasteiger partial charge in [0.05, 0.1) is 22.8 Å². The smallest absolute Gasteiger partial charge is 0.338 e. The SMILES string of the molecule is C#CCOc1ccc(Br)cc1/C=C1\SC(=Nc2ccc(C(=O)OCC)cc2)N(C)C1=O. The highest BCUT2D eigenvalue weighted by atomic mass is 79.9. The van der Waals surface area contributed by atoms with E-state index in [9.17, 15) is 9.59 Å². The van der Waals surface area contributed by atoms with Gasteiger partial charge in [-0.1, -0.05) is 21.9 Å². The van der Waals surface area contributed by atoms with Gasteiger partial charge in [0.2, 0.25) is 0 Å². The molecule has 0 radical (unpaired) electrons. The van der Waals surface area contributed by atoms with E-state index in [1.165, 1.54) is 16.7 Å². The van der Waals surface area contributed by atoms with Gasteiger partial charge in [0.1, 0.15) is 12.4 Å². The Morgan fingerprint density at radius 2 is 2.03 bits per heavy atom. The fourth-order valence-electron chi connectivity index (χ4n) is 2.67. The molecule has 0 spiro atoms. The number of terminal acetylenes is 1. The van der Waals surface area contributed by atoms with Crippen molar-refractivity contribution in [2.75, 3.05) is 20.3 Å². The predicted molar refractivity (Wildman–Crippen MR) is 126 cm³/mol. The zero-order valence-corrected chi connectivity index (χ0v) is 19.3. The van der Waals surface area contributed by atoms with Gasteiger partial charge in [-0.25, -0.2) is 9.79 Å². The van der Waals surface area contributed by atoms with Crippen molar-refractivity contribution in [1.29, 1.82) is 0 Å². The number of ether oxygens (including phenoxy) is 2. The number of likely N-dealkylation sites (N-methyl/N-ethyl adjacent to an activating group) is 1. The van der Waals surface area contributed by atoms with Crippen LogP contribution in [-0.2, 0) is 9.53 Å². The third-order valence-corrected chi connectivity index (χ3v) is 5.73. The maximum Gasteiger partial charge on any atom is 0.338 e. The second kappa shape index (κ2) is 10.3. The molecule has 1 saturated heterocycles. The van der Waals surface area contributed by atoms with Gasteiger partial charge in [0.25, 0.3) is 5.91 Å². The Morgan fingerprint density at radius 3 is 2.71 bits per heavy atom. The molecule has 1 aliphatic heterocycles. The summed E-state index contributed by atoms with van der Waals surface area (Å²) in [4.78, 5) is 31.1. The minimum absolute atomic E-state index is 0.132. The standard InChI is InChI=1S/C23H19BrN2O4S/c1-4-12-30-19-11-8-17(24)13-16(19)14-20-21(27)26(3)23(31-20)25-18-9-6-15(7-10-18)22(28)29-5-2/h1,6-11,13-14H,5,12H2,2-3H3/b20-14-,25-23?. The van der Waals surface area contributed by atoms with Crippen LogP contribution in [0.25, 0.3) is 6.08 Å². The first-order chi connectivity index (χ1) is 14.9. The zero-order chi connectivity index (χ0) is 22.4. The quantitative estimate of drug-likeness (QED) is 0.322. The van der Waals surface area contributed by atoms with Crippen LogP contribution in [-0.4, -0.2) is 42.2 Å². The summed E-state index contributed by atoms with van der Waals surface area (Å²) in [6.45, 7) is 2.20. The number of rotatable bonds is 6. The van der Waals surface area contributed by atoms with Crippen molar-refractivity contribution in [2.45, 2.75) is 6.92 Å². The lowest BCUT2D eigenvalue weighted by Crippen LogP contribution is -2.23. The van der Waals surface area contributed by atoms with Gasteiger partial charge in [0.15, 0.2) is 5.17 Å². The number of benzene rings is 2. The molecule has 0 unspecified atom stereocenters. The van der Waals surface area contributed by atoms with Crippen molar-refractivity contribution in [1.82, 2.24) is 4.90 Å². The van der Waals surface area contributed by atoms with Crippen LogP contribution < -0.4 is 4.74 Å². The largest absolute Gasteiger partial charge is 0.480 e. The molecule has 8 heteroatoms. The molecule has 0 atom stereocenters. The number of nitrogens with zero attached hydrogens (tertiary/aromatic N) is 2. The third-order valence-electron chi connectivity index (χ3n) is 4.18. The number of hydrogen-bond donors (Lipinski definition) is 0. The van der Waals surface area contributed by atoms with Crippen LogP contribution in [0.2, 0.25) is 0 Å². The van der Waals surface area contributed by atoms with Crippen molar-refractivity contribution in [2.24, 2.45) is 4.99 Å². The highest BCUT2D eigenvalue weighted by Crippen LogP contribution is 2.35. The van der Waals surface area contributed by atoms with E-state index in [1.54, 1.807) is 50.4 Å². The molecule has 3 rings (SSSR count). The summed E-state index contributed by atoms with van der Waals surface area (Å²) in [6.07, 6.45) is 7.04. The van der Waals surface area contributed by atoms with Gasteiger partial charge in [-0.3, -0.25) is 9.69 Å². The molecule has 1 fully saturated rings. The summed E-state index contributed by atoms with van der Waals surface area (Å²) in [5.41, 5.74) is 1.80. The molecule has 1 amide bonds. The zero-order valence-electron chi connectivity index (χ0n) is 16.9. The molecule has 0 aliphatic carbocycles. The molecule has 0 saturated carbocycles. The highest BCUT2D eigenvalue weighted by Gasteiger charge is 2.30. The third kappa shape index (κ3) is 5.57. The van der Waals surface area contributed by atoms with E-state index < -0.39 is 0 Å². The Hall–Kier alpha value is -3.02. The first-order valence-electron chi connectivity index (χ1n) is 9.32. The Balaban J connectivity index is 1.85. The fraction of sp³-hybridized carbons (Fsp3) is 0.174. The number of halogens is 1. The molecule has 158 valence electrons. The summed E-state index contributed by atoms with van der Waals surface area (Å²) in [5, 5.41) is 0.529. The number of carbonyl (C=O) groups is 2. The van der Waals surface area contributed by atoms with E-state index in [0.29, 0.717) is 33.7 Å². The van der Waals surface area contributed by atoms with Crippen LogP contribution in [0.4, 0.5) is 5.69 Å². The average Bonchev–Trinajstić information content (AvgIpc) is 3.01. The Kier molecular flexibility index (Phi) is 7.55. The lowest BCUT2D eigenvalue weighted by molar-refractivity contribution is -0.121. The van der Waals surface area contributed by atoms with Crippen molar-refractivity contribution in [3.8, 4) is 18.1 Å². The molecule has 0 N–H and O–H groups in total. The van der Waals surface area contributed by atoms with Crippen LogP contribution in [0.3, 0.4) is 0 Å². The molecule has 0 aromatic heterocycles. The van der Waals surface area contributed by atoms with Crippen molar-refractivity contribution in [3.63, 3.8) is 0 Å². The topological polar surface area (TPSA) is 68.2 Å². The first-order valence-corrected chi connectivity index (χ1v) is 10.9. The second-order valence-electron chi connectivity index (χ2n) is 6.31. The molecular formula is C23H19BrN2O4S. The normalized spacial score (nSPS) is 15.9. The lowest BCUT2D eigenvalue weighted by atomic mass is 10.2. The molecule has 0 bridgehead atoms. The first kappa shape index (κ1) is 22.7. The number of esters is 1. The predicted octanol–water partition coefficient (Wildman–Crippen LogP) is 4.87.